The van der Waals surface area contributed by atoms with E-state index >= 15 is 0 Å². The first-order valence-corrected chi connectivity index (χ1v) is 9.19. The summed E-state index contributed by atoms with van der Waals surface area (Å²) in [4.78, 5) is 23.7. The van der Waals surface area contributed by atoms with Crippen molar-refractivity contribution >= 4 is 5.95 Å². The van der Waals surface area contributed by atoms with E-state index in [1.165, 1.54) is 16.8 Å². The molecule has 0 radical (unpaired) electrons. The second-order valence-corrected chi connectivity index (χ2v) is 7.13. The molecular weight excluding hydrogens is 345 g/mol. The van der Waals surface area contributed by atoms with Crippen molar-refractivity contribution in [1.82, 2.24) is 19.7 Å². The standard InChI is InChI=1S/C20H22FN5O/c1-13-7-9-25(10-8-13)20-22-12-15(14(2)23-20)17-11-19(27)26(24-17)18-6-4-3-5-16(18)21/h3-6,11-13,24H,7-10H2,1-2H3. The summed E-state index contributed by atoms with van der Waals surface area (Å²) in [7, 11) is 0. The Labute approximate surface area is 156 Å². The van der Waals surface area contributed by atoms with Crippen LogP contribution in [0.3, 0.4) is 0 Å². The Hall–Kier alpha value is -2.96. The minimum atomic E-state index is -0.462. The van der Waals surface area contributed by atoms with Crippen LogP contribution in [0.4, 0.5) is 10.3 Å². The number of hydrogen-bond acceptors (Lipinski definition) is 4. The zero-order valence-corrected chi connectivity index (χ0v) is 15.4. The van der Waals surface area contributed by atoms with Gasteiger partial charge < -0.3 is 4.90 Å². The number of benzene rings is 1. The molecule has 0 aliphatic carbocycles. The second-order valence-electron chi connectivity index (χ2n) is 7.13. The number of halogens is 1. The first-order valence-electron chi connectivity index (χ1n) is 9.19. The number of aromatic amines is 1. The maximum atomic E-state index is 14.0. The molecule has 3 aromatic rings. The molecule has 3 heterocycles. The van der Waals surface area contributed by atoms with E-state index < -0.39 is 5.82 Å². The second kappa shape index (κ2) is 6.98. The quantitative estimate of drug-likeness (QED) is 0.771. The van der Waals surface area contributed by atoms with Crippen molar-refractivity contribution in [2.45, 2.75) is 26.7 Å². The average molecular weight is 367 g/mol. The number of hydrogen-bond donors (Lipinski definition) is 1. The lowest BCUT2D eigenvalue weighted by Gasteiger charge is -2.30. The van der Waals surface area contributed by atoms with Crippen LogP contribution in [0.2, 0.25) is 0 Å². The topological polar surface area (TPSA) is 66.8 Å². The number of nitrogens with zero attached hydrogens (tertiary/aromatic N) is 4. The summed E-state index contributed by atoms with van der Waals surface area (Å²) in [6, 6.07) is 7.60. The largest absolute Gasteiger partial charge is 0.341 e. The predicted molar refractivity (Wildman–Crippen MR) is 103 cm³/mol. The minimum absolute atomic E-state index is 0.186. The lowest BCUT2D eigenvalue weighted by Crippen LogP contribution is -2.34. The Kier molecular flexibility index (Phi) is 4.51. The predicted octanol–water partition coefficient (Wildman–Crippen LogP) is 3.31. The molecule has 6 nitrogen and oxygen atoms in total. The number of aryl methyl sites for hydroxylation is 1. The first kappa shape index (κ1) is 17.5. The minimum Gasteiger partial charge on any atom is -0.341 e. The van der Waals surface area contributed by atoms with Crippen LogP contribution < -0.4 is 10.5 Å². The SMILES string of the molecule is Cc1nc(N2CCC(C)CC2)ncc1-c1cc(=O)n(-c2ccccc2F)[nH]1. The van der Waals surface area contributed by atoms with E-state index in [1.54, 1.807) is 24.4 Å². The van der Waals surface area contributed by atoms with Crippen LogP contribution in [0.15, 0.2) is 41.3 Å². The molecule has 0 amide bonds. The summed E-state index contributed by atoms with van der Waals surface area (Å²) in [6.45, 7) is 6.08. The van der Waals surface area contributed by atoms with Crippen molar-refractivity contribution in [3.8, 4) is 16.9 Å². The summed E-state index contributed by atoms with van der Waals surface area (Å²) in [5, 5.41) is 2.97. The molecule has 0 unspecified atom stereocenters. The zero-order chi connectivity index (χ0) is 19.0. The lowest BCUT2D eigenvalue weighted by molar-refractivity contribution is 0.434. The number of H-pyrrole nitrogens is 1. The van der Waals surface area contributed by atoms with Crippen molar-refractivity contribution in [2.75, 3.05) is 18.0 Å². The van der Waals surface area contributed by atoms with Gasteiger partial charge in [-0.25, -0.2) is 19.0 Å². The van der Waals surface area contributed by atoms with E-state index in [0.717, 1.165) is 49.1 Å². The van der Waals surface area contributed by atoms with Gasteiger partial charge in [0, 0.05) is 30.9 Å². The number of rotatable bonds is 3. The number of para-hydroxylation sites is 1. The van der Waals surface area contributed by atoms with Gasteiger partial charge in [-0.1, -0.05) is 19.1 Å². The summed E-state index contributed by atoms with van der Waals surface area (Å²) >= 11 is 0. The third-order valence-corrected chi connectivity index (χ3v) is 5.14. The summed E-state index contributed by atoms with van der Waals surface area (Å²) in [5.74, 6) is 1.000. The highest BCUT2D eigenvalue weighted by Gasteiger charge is 2.19. The number of piperidine rings is 1. The highest BCUT2D eigenvalue weighted by molar-refractivity contribution is 5.61. The van der Waals surface area contributed by atoms with Gasteiger partial charge in [0.25, 0.3) is 5.56 Å². The maximum Gasteiger partial charge on any atom is 0.271 e. The van der Waals surface area contributed by atoms with Crippen LogP contribution in [0.25, 0.3) is 16.9 Å². The first-order chi connectivity index (χ1) is 13.0. The van der Waals surface area contributed by atoms with Crippen molar-refractivity contribution in [3.05, 3.63) is 58.4 Å². The summed E-state index contributed by atoms with van der Waals surface area (Å²) in [5.41, 5.74) is 1.94. The van der Waals surface area contributed by atoms with Crippen LogP contribution in [-0.4, -0.2) is 32.8 Å². The number of anilines is 1. The zero-order valence-electron chi connectivity index (χ0n) is 15.4. The van der Waals surface area contributed by atoms with Crippen molar-refractivity contribution in [3.63, 3.8) is 0 Å². The van der Waals surface area contributed by atoms with Crippen molar-refractivity contribution in [1.29, 1.82) is 0 Å². The van der Waals surface area contributed by atoms with Gasteiger partial charge in [-0.05, 0) is 37.8 Å². The monoisotopic (exact) mass is 367 g/mol. The van der Waals surface area contributed by atoms with Crippen LogP contribution >= 0.6 is 0 Å². The molecule has 0 spiro atoms. The molecule has 0 bridgehead atoms. The fourth-order valence-corrected chi connectivity index (χ4v) is 3.43. The highest BCUT2D eigenvalue weighted by Crippen LogP contribution is 2.24. The fourth-order valence-electron chi connectivity index (χ4n) is 3.43. The van der Waals surface area contributed by atoms with E-state index in [1.807, 2.05) is 6.92 Å². The van der Waals surface area contributed by atoms with Gasteiger partial charge in [0.05, 0.1) is 11.4 Å². The highest BCUT2D eigenvalue weighted by atomic mass is 19.1. The number of nitrogens with one attached hydrogen (secondary N) is 1. The molecule has 1 fully saturated rings. The van der Waals surface area contributed by atoms with Gasteiger partial charge in [0.1, 0.15) is 11.5 Å². The Balaban J connectivity index is 1.66. The molecule has 1 aliphatic heterocycles. The number of aromatic nitrogens is 4. The Morgan fingerprint density at radius 1 is 1.22 bits per heavy atom. The normalized spacial score (nSPS) is 15.3. The maximum absolute atomic E-state index is 14.0. The lowest BCUT2D eigenvalue weighted by atomic mass is 10.00. The fraction of sp³-hybridized carbons (Fsp3) is 0.350. The molecule has 0 atom stereocenters. The van der Waals surface area contributed by atoms with Gasteiger partial charge in [0.15, 0.2) is 0 Å². The molecule has 140 valence electrons. The Morgan fingerprint density at radius 2 is 1.96 bits per heavy atom. The van der Waals surface area contributed by atoms with Crippen LogP contribution in [0.1, 0.15) is 25.5 Å². The molecule has 1 N–H and O–H groups in total. The average Bonchev–Trinajstić information content (AvgIpc) is 3.04. The van der Waals surface area contributed by atoms with Crippen LogP contribution in [0.5, 0.6) is 0 Å². The third kappa shape index (κ3) is 3.37. The van der Waals surface area contributed by atoms with Gasteiger partial charge in [0.2, 0.25) is 5.95 Å². The molecule has 7 heteroatoms. The smallest absolute Gasteiger partial charge is 0.271 e. The van der Waals surface area contributed by atoms with E-state index in [-0.39, 0.29) is 11.2 Å². The van der Waals surface area contributed by atoms with E-state index in [2.05, 4.69) is 26.9 Å². The van der Waals surface area contributed by atoms with Crippen LogP contribution in [-0.2, 0) is 0 Å². The van der Waals surface area contributed by atoms with Crippen molar-refractivity contribution in [2.24, 2.45) is 5.92 Å². The van der Waals surface area contributed by atoms with E-state index in [4.69, 9.17) is 0 Å². The summed E-state index contributed by atoms with van der Waals surface area (Å²) in [6.07, 6.45) is 4.01. The molecule has 1 saturated heterocycles. The molecule has 2 aromatic heterocycles. The molecule has 4 rings (SSSR count). The van der Waals surface area contributed by atoms with Crippen LogP contribution in [0, 0.1) is 18.7 Å². The summed E-state index contributed by atoms with van der Waals surface area (Å²) < 4.78 is 15.2. The van der Waals surface area contributed by atoms with E-state index in [9.17, 15) is 9.18 Å². The molecule has 1 aliphatic rings. The van der Waals surface area contributed by atoms with Gasteiger partial charge >= 0.3 is 0 Å². The molecule has 1 aromatic carbocycles. The van der Waals surface area contributed by atoms with Crippen molar-refractivity contribution < 1.29 is 4.39 Å². The van der Waals surface area contributed by atoms with Gasteiger partial charge in [-0.15, -0.1) is 0 Å². The molecule has 27 heavy (non-hydrogen) atoms. The Morgan fingerprint density at radius 3 is 2.67 bits per heavy atom. The molecule has 0 saturated carbocycles. The van der Waals surface area contributed by atoms with Gasteiger partial charge in [-0.2, -0.15) is 0 Å². The Bertz CT molecular complexity index is 1020. The van der Waals surface area contributed by atoms with E-state index in [0.29, 0.717) is 5.69 Å². The van der Waals surface area contributed by atoms with Gasteiger partial charge in [-0.3, -0.25) is 9.89 Å². The molecular formula is C20H22FN5O. The third-order valence-electron chi connectivity index (χ3n) is 5.14.